The van der Waals surface area contributed by atoms with Crippen LogP contribution >= 0.6 is 0 Å². The molecule has 0 bridgehead atoms. The van der Waals surface area contributed by atoms with Gasteiger partial charge in [0.1, 0.15) is 0 Å². The van der Waals surface area contributed by atoms with Crippen LogP contribution in [0.2, 0.25) is 0 Å². The second kappa shape index (κ2) is 4.50. The molecule has 0 rings (SSSR count). The number of rotatable bonds is 3. The average molecular weight is 152 g/mol. The van der Waals surface area contributed by atoms with Crippen LogP contribution in [0.4, 0.5) is 0 Å². The third-order valence-electron chi connectivity index (χ3n) is 1.23. The van der Waals surface area contributed by atoms with Crippen LogP contribution in [-0.2, 0) is 4.79 Å². The van der Waals surface area contributed by atoms with Crippen LogP contribution in [0.1, 0.15) is 13.8 Å². The van der Waals surface area contributed by atoms with Crippen molar-refractivity contribution in [2.75, 3.05) is 0 Å². The van der Waals surface area contributed by atoms with E-state index < -0.39 is 0 Å². The smallest absolute Gasteiger partial charge is 0.220 e. The van der Waals surface area contributed by atoms with Gasteiger partial charge in [-0.15, -0.1) is 0 Å². The van der Waals surface area contributed by atoms with E-state index in [-0.39, 0.29) is 11.5 Å². The van der Waals surface area contributed by atoms with Crippen LogP contribution in [0.25, 0.3) is 0 Å². The van der Waals surface area contributed by atoms with Gasteiger partial charge in [0, 0.05) is 0 Å². The molecule has 2 nitrogen and oxygen atoms in total. The molecule has 0 aliphatic rings. The fourth-order valence-electron chi connectivity index (χ4n) is 0.521. The summed E-state index contributed by atoms with van der Waals surface area (Å²) in [5, 5.41) is 9.12. The minimum Gasteiger partial charge on any atom is -0.504 e. The lowest BCUT2D eigenvalue weighted by atomic mass is 10.2. The summed E-state index contributed by atoms with van der Waals surface area (Å²) in [4.78, 5) is 10.9. The molecule has 2 heteroatoms. The van der Waals surface area contributed by atoms with Crippen LogP contribution in [0, 0.1) is 0 Å². The van der Waals surface area contributed by atoms with Gasteiger partial charge in [0.2, 0.25) is 5.78 Å². The minimum absolute atomic E-state index is 0.238. The van der Waals surface area contributed by atoms with Gasteiger partial charge in [-0.2, -0.15) is 0 Å². The molecule has 0 atom stereocenters. The summed E-state index contributed by atoms with van der Waals surface area (Å²) in [7, 11) is 0. The zero-order chi connectivity index (χ0) is 8.85. The van der Waals surface area contributed by atoms with Crippen LogP contribution < -0.4 is 0 Å². The Morgan fingerprint density at radius 1 is 1.55 bits per heavy atom. The van der Waals surface area contributed by atoms with E-state index in [2.05, 4.69) is 6.58 Å². The Morgan fingerprint density at radius 3 is 2.45 bits per heavy atom. The van der Waals surface area contributed by atoms with E-state index in [0.717, 1.165) is 0 Å². The molecule has 60 valence electrons. The van der Waals surface area contributed by atoms with Crippen molar-refractivity contribution in [2.24, 2.45) is 0 Å². The second-order valence-corrected chi connectivity index (χ2v) is 2.10. The molecule has 0 aliphatic heterocycles. The number of carbonyl (C=O) groups excluding carboxylic acids is 1. The second-order valence-electron chi connectivity index (χ2n) is 2.10. The lowest BCUT2D eigenvalue weighted by Crippen LogP contribution is -1.99. The van der Waals surface area contributed by atoms with Crippen LogP contribution in [0.5, 0.6) is 0 Å². The number of hydrogen-bond donors (Lipinski definition) is 1. The number of allylic oxidation sites excluding steroid dienone is 4. The molecule has 0 saturated heterocycles. The van der Waals surface area contributed by atoms with E-state index in [1.807, 2.05) is 0 Å². The van der Waals surface area contributed by atoms with Gasteiger partial charge in [0.05, 0.1) is 0 Å². The Hall–Kier alpha value is -1.31. The summed E-state index contributed by atoms with van der Waals surface area (Å²) >= 11 is 0. The molecule has 0 saturated carbocycles. The van der Waals surface area contributed by atoms with Gasteiger partial charge in [-0.05, 0) is 25.5 Å². The lowest BCUT2D eigenvalue weighted by molar-refractivity contribution is -0.113. The summed E-state index contributed by atoms with van der Waals surface area (Å²) < 4.78 is 0. The van der Waals surface area contributed by atoms with Crippen molar-refractivity contribution in [1.29, 1.82) is 0 Å². The summed E-state index contributed by atoms with van der Waals surface area (Å²) in [6.45, 7) is 6.78. The van der Waals surface area contributed by atoms with Crippen molar-refractivity contribution in [1.82, 2.24) is 0 Å². The number of aliphatic hydroxyl groups excluding tert-OH is 1. The summed E-state index contributed by atoms with van der Waals surface area (Å²) in [5.74, 6) is -0.622. The van der Waals surface area contributed by atoms with Crippen molar-refractivity contribution in [2.45, 2.75) is 13.8 Å². The Balaban J connectivity index is 4.60. The summed E-state index contributed by atoms with van der Waals surface area (Å²) in [5.41, 5.74) is 0.494. The Labute approximate surface area is 66.5 Å². The first-order valence-electron chi connectivity index (χ1n) is 3.32. The molecular formula is C9H12O2. The van der Waals surface area contributed by atoms with Gasteiger partial charge >= 0.3 is 0 Å². The molecule has 0 heterocycles. The first kappa shape index (κ1) is 9.69. The van der Waals surface area contributed by atoms with Crippen LogP contribution in [-0.4, -0.2) is 10.9 Å². The van der Waals surface area contributed by atoms with E-state index in [1.54, 1.807) is 19.9 Å². The Morgan fingerprint density at radius 2 is 2.09 bits per heavy atom. The molecule has 0 amide bonds. The fourth-order valence-corrected chi connectivity index (χ4v) is 0.521. The quantitative estimate of drug-likeness (QED) is 0.382. The van der Waals surface area contributed by atoms with E-state index in [1.165, 1.54) is 12.2 Å². The van der Waals surface area contributed by atoms with Crippen molar-refractivity contribution in [3.05, 3.63) is 36.1 Å². The highest BCUT2D eigenvalue weighted by Crippen LogP contribution is 2.02. The van der Waals surface area contributed by atoms with Gasteiger partial charge in [-0.1, -0.05) is 18.7 Å². The van der Waals surface area contributed by atoms with E-state index in [0.29, 0.717) is 5.57 Å². The number of carbonyl (C=O) groups is 1. The highest BCUT2D eigenvalue weighted by atomic mass is 16.3. The molecule has 0 aliphatic carbocycles. The van der Waals surface area contributed by atoms with Crippen molar-refractivity contribution >= 4 is 5.78 Å². The van der Waals surface area contributed by atoms with Crippen molar-refractivity contribution in [3.8, 4) is 0 Å². The third-order valence-corrected chi connectivity index (χ3v) is 1.23. The maximum atomic E-state index is 10.9. The zero-order valence-electron chi connectivity index (χ0n) is 6.79. The van der Waals surface area contributed by atoms with Crippen molar-refractivity contribution < 1.29 is 9.90 Å². The lowest BCUT2D eigenvalue weighted by Gasteiger charge is -1.95. The first-order valence-corrected chi connectivity index (χ1v) is 3.32. The number of hydrogen-bond acceptors (Lipinski definition) is 2. The van der Waals surface area contributed by atoms with Crippen molar-refractivity contribution in [3.63, 3.8) is 0 Å². The molecule has 0 unspecified atom stereocenters. The normalized spacial score (nSPS) is 12.9. The molecule has 0 fully saturated rings. The Bertz CT molecular complexity index is 222. The highest BCUT2D eigenvalue weighted by Gasteiger charge is 2.04. The van der Waals surface area contributed by atoms with Crippen LogP contribution in [0.15, 0.2) is 36.1 Å². The van der Waals surface area contributed by atoms with Crippen LogP contribution in [0.3, 0.4) is 0 Å². The topological polar surface area (TPSA) is 37.3 Å². The monoisotopic (exact) mass is 152 g/mol. The van der Waals surface area contributed by atoms with E-state index >= 15 is 0 Å². The first-order chi connectivity index (χ1) is 5.13. The molecular weight excluding hydrogens is 140 g/mol. The maximum Gasteiger partial charge on any atom is 0.220 e. The minimum atomic E-state index is -0.384. The largest absolute Gasteiger partial charge is 0.504 e. The van der Waals surface area contributed by atoms with E-state index in [4.69, 9.17) is 5.11 Å². The predicted molar refractivity (Wildman–Crippen MR) is 45.3 cm³/mol. The fraction of sp³-hybridized carbons (Fsp3) is 0.222. The Kier molecular flexibility index (Phi) is 3.96. The van der Waals surface area contributed by atoms with Gasteiger partial charge in [-0.3, -0.25) is 4.79 Å². The molecule has 0 radical (unpaired) electrons. The summed E-state index contributed by atoms with van der Waals surface area (Å²) in [6, 6.07) is 0. The van der Waals surface area contributed by atoms with Gasteiger partial charge < -0.3 is 5.11 Å². The maximum absolute atomic E-state index is 10.9. The molecule has 11 heavy (non-hydrogen) atoms. The SMILES string of the molecule is C=C/C(C)=C(/O)C(=O)/C=C\C. The molecule has 0 aromatic heterocycles. The zero-order valence-corrected chi connectivity index (χ0v) is 6.79. The van der Waals surface area contributed by atoms with Gasteiger partial charge in [0.25, 0.3) is 0 Å². The van der Waals surface area contributed by atoms with E-state index in [9.17, 15) is 4.79 Å². The molecule has 1 N–H and O–H groups in total. The number of aliphatic hydroxyl groups is 1. The summed E-state index contributed by atoms with van der Waals surface area (Å²) in [6.07, 6.45) is 4.33. The average Bonchev–Trinajstić information content (AvgIpc) is 2.02. The highest BCUT2D eigenvalue weighted by molar-refractivity contribution is 6.02. The standard InChI is InChI=1S/C9H12O2/c1-4-6-8(10)9(11)7(3)5-2/h4-6,11H,2H2,1,3H3/b6-4-,9-7+. The third kappa shape index (κ3) is 2.85. The van der Waals surface area contributed by atoms with Gasteiger partial charge in [0.15, 0.2) is 5.76 Å². The molecule has 0 aromatic rings. The molecule has 0 spiro atoms. The van der Waals surface area contributed by atoms with Gasteiger partial charge in [-0.25, -0.2) is 0 Å². The number of ketones is 1. The molecule has 0 aromatic carbocycles. The predicted octanol–water partition coefficient (Wildman–Crippen LogP) is 2.15.